The second kappa shape index (κ2) is 4.24. The zero-order valence-electron chi connectivity index (χ0n) is 8.32. The number of aliphatic hydroxyl groups is 1. The van der Waals surface area contributed by atoms with Gasteiger partial charge in [-0.15, -0.1) is 0 Å². The fraction of sp³-hybridized carbons (Fsp3) is 0.364. The second-order valence-electron chi connectivity index (χ2n) is 3.49. The summed E-state index contributed by atoms with van der Waals surface area (Å²) in [6.07, 6.45) is -1.14. The number of hydrogen-bond donors (Lipinski definition) is 2. The maximum Gasteiger partial charge on any atom is 0.332 e. The summed E-state index contributed by atoms with van der Waals surface area (Å²) in [5.74, 6) is -1.18. The van der Waals surface area contributed by atoms with Crippen molar-refractivity contribution in [1.29, 1.82) is 0 Å². The van der Waals surface area contributed by atoms with Crippen LogP contribution in [0.5, 0.6) is 0 Å². The maximum atomic E-state index is 10.4. The van der Waals surface area contributed by atoms with Crippen molar-refractivity contribution in [2.75, 3.05) is 0 Å². The maximum absolute atomic E-state index is 10.4. The first-order valence-electron chi connectivity index (χ1n) is 4.47. The van der Waals surface area contributed by atoms with E-state index in [4.69, 9.17) is 5.11 Å². The van der Waals surface area contributed by atoms with Gasteiger partial charge in [-0.2, -0.15) is 0 Å². The molecule has 0 radical (unpaired) electrons. The summed E-state index contributed by atoms with van der Waals surface area (Å²) in [6.45, 7) is 3.85. The third kappa shape index (κ3) is 2.57. The number of carboxylic acids is 1. The number of carbonyl (C=O) groups is 1. The third-order valence-electron chi connectivity index (χ3n) is 2.20. The van der Waals surface area contributed by atoms with Crippen LogP contribution in [-0.2, 0) is 11.2 Å². The molecule has 3 nitrogen and oxygen atoms in total. The zero-order chi connectivity index (χ0) is 10.7. The molecule has 1 aromatic rings. The first-order chi connectivity index (χ1) is 6.50. The number of aliphatic hydroxyl groups excluding tert-OH is 1. The van der Waals surface area contributed by atoms with Crippen LogP contribution in [0.1, 0.15) is 16.7 Å². The molecule has 1 atom stereocenters. The van der Waals surface area contributed by atoms with Crippen LogP contribution in [0.3, 0.4) is 0 Å². The number of benzene rings is 1. The van der Waals surface area contributed by atoms with Crippen LogP contribution in [0.2, 0.25) is 0 Å². The van der Waals surface area contributed by atoms with Gasteiger partial charge in [-0.05, 0) is 25.0 Å². The minimum atomic E-state index is -1.31. The van der Waals surface area contributed by atoms with Gasteiger partial charge in [-0.25, -0.2) is 4.79 Å². The van der Waals surface area contributed by atoms with Gasteiger partial charge in [0.2, 0.25) is 0 Å². The largest absolute Gasteiger partial charge is 0.479 e. The van der Waals surface area contributed by atoms with Crippen molar-refractivity contribution in [3.8, 4) is 0 Å². The fourth-order valence-corrected chi connectivity index (χ4v) is 1.32. The van der Waals surface area contributed by atoms with Gasteiger partial charge in [0.15, 0.2) is 6.10 Å². The molecule has 0 fully saturated rings. The van der Waals surface area contributed by atoms with Crippen molar-refractivity contribution >= 4 is 5.97 Å². The fourth-order valence-electron chi connectivity index (χ4n) is 1.32. The third-order valence-corrected chi connectivity index (χ3v) is 2.20. The standard InChI is InChI=1S/C11H14O3/c1-7-3-4-8(2)9(5-7)6-10(12)11(13)14/h3-5,10,12H,6H2,1-2H3,(H,13,14). The molecule has 0 spiro atoms. The highest BCUT2D eigenvalue weighted by Gasteiger charge is 2.14. The Balaban J connectivity index is 2.85. The molecule has 2 N–H and O–H groups in total. The Bertz CT molecular complexity index is 344. The summed E-state index contributed by atoms with van der Waals surface area (Å²) in [5, 5.41) is 17.7. The first kappa shape index (κ1) is 10.7. The van der Waals surface area contributed by atoms with E-state index < -0.39 is 12.1 Å². The molecule has 1 aromatic carbocycles. The minimum absolute atomic E-state index is 0.169. The van der Waals surface area contributed by atoms with Crippen LogP contribution in [0, 0.1) is 13.8 Å². The minimum Gasteiger partial charge on any atom is -0.479 e. The molecule has 1 rings (SSSR count). The lowest BCUT2D eigenvalue weighted by Crippen LogP contribution is -2.22. The van der Waals surface area contributed by atoms with Gasteiger partial charge in [0.05, 0.1) is 0 Å². The summed E-state index contributed by atoms with van der Waals surface area (Å²) in [5.41, 5.74) is 2.97. The number of carboxylic acid groups (broad SMARTS) is 1. The van der Waals surface area contributed by atoms with E-state index in [0.29, 0.717) is 0 Å². The van der Waals surface area contributed by atoms with Crippen LogP contribution in [0.25, 0.3) is 0 Å². The summed E-state index contributed by atoms with van der Waals surface area (Å²) >= 11 is 0. The first-order valence-corrected chi connectivity index (χ1v) is 4.47. The molecule has 0 aromatic heterocycles. The van der Waals surface area contributed by atoms with Gasteiger partial charge in [-0.1, -0.05) is 23.8 Å². The number of hydrogen-bond acceptors (Lipinski definition) is 2. The molecule has 0 aliphatic carbocycles. The number of rotatable bonds is 3. The van der Waals surface area contributed by atoms with Crippen LogP contribution in [-0.4, -0.2) is 22.3 Å². The highest BCUT2D eigenvalue weighted by atomic mass is 16.4. The van der Waals surface area contributed by atoms with Crippen LogP contribution >= 0.6 is 0 Å². The summed E-state index contributed by atoms with van der Waals surface area (Å²) in [6, 6.07) is 5.80. The highest BCUT2D eigenvalue weighted by molar-refractivity contribution is 5.72. The molecule has 1 unspecified atom stereocenters. The van der Waals surface area contributed by atoms with Crippen molar-refractivity contribution in [2.24, 2.45) is 0 Å². The SMILES string of the molecule is Cc1ccc(C)c(CC(O)C(=O)O)c1. The van der Waals surface area contributed by atoms with E-state index in [0.717, 1.165) is 16.7 Å². The van der Waals surface area contributed by atoms with Gasteiger partial charge in [-0.3, -0.25) is 0 Å². The van der Waals surface area contributed by atoms with Gasteiger partial charge in [0.25, 0.3) is 0 Å². The van der Waals surface area contributed by atoms with E-state index in [1.54, 1.807) is 0 Å². The van der Waals surface area contributed by atoms with Crippen molar-refractivity contribution < 1.29 is 15.0 Å². The summed E-state index contributed by atoms with van der Waals surface area (Å²) in [4.78, 5) is 10.4. The van der Waals surface area contributed by atoms with Crippen LogP contribution < -0.4 is 0 Å². The number of aliphatic carboxylic acids is 1. The molecule has 0 heterocycles. The Labute approximate surface area is 83.0 Å². The molecule has 0 aliphatic heterocycles. The van der Waals surface area contributed by atoms with E-state index in [9.17, 15) is 9.90 Å². The lowest BCUT2D eigenvalue weighted by Gasteiger charge is -2.09. The zero-order valence-corrected chi connectivity index (χ0v) is 8.32. The lowest BCUT2D eigenvalue weighted by molar-refractivity contribution is -0.146. The molecule has 0 amide bonds. The van der Waals surface area contributed by atoms with Crippen molar-refractivity contribution in [3.05, 3.63) is 34.9 Å². The normalized spacial score (nSPS) is 12.5. The predicted octanol–water partition coefficient (Wildman–Crippen LogP) is 1.29. The van der Waals surface area contributed by atoms with Crippen molar-refractivity contribution in [1.82, 2.24) is 0 Å². The smallest absolute Gasteiger partial charge is 0.332 e. The van der Waals surface area contributed by atoms with Crippen molar-refractivity contribution in [2.45, 2.75) is 26.4 Å². The van der Waals surface area contributed by atoms with Gasteiger partial charge in [0, 0.05) is 6.42 Å². The van der Waals surface area contributed by atoms with E-state index in [1.807, 2.05) is 32.0 Å². The van der Waals surface area contributed by atoms with E-state index in [2.05, 4.69) is 0 Å². The number of aryl methyl sites for hydroxylation is 2. The van der Waals surface area contributed by atoms with E-state index in [1.165, 1.54) is 0 Å². The molecule has 0 saturated carbocycles. The molecular formula is C11H14O3. The van der Waals surface area contributed by atoms with Gasteiger partial charge < -0.3 is 10.2 Å². The molecule has 0 bridgehead atoms. The summed E-state index contributed by atoms with van der Waals surface area (Å²) < 4.78 is 0. The van der Waals surface area contributed by atoms with E-state index >= 15 is 0 Å². The molecule has 0 aliphatic rings. The highest BCUT2D eigenvalue weighted by Crippen LogP contribution is 2.12. The summed E-state index contributed by atoms with van der Waals surface area (Å²) in [7, 11) is 0. The average Bonchev–Trinajstić information content (AvgIpc) is 2.11. The Morgan fingerprint density at radius 1 is 1.43 bits per heavy atom. The molecule has 3 heteroatoms. The van der Waals surface area contributed by atoms with Crippen LogP contribution in [0.4, 0.5) is 0 Å². The quantitative estimate of drug-likeness (QED) is 0.762. The molecule has 14 heavy (non-hydrogen) atoms. The predicted molar refractivity (Wildman–Crippen MR) is 53.3 cm³/mol. The second-order valence-corrected chi connectivity index (χ2v) is 3.49. The molecular weight excluding hydrogens is 180 g/mol. The monoisotopic (exact) mass is 194 g/mol. The van der Waals surface area contributed by atoms with Crippen LogP contribution in [0.15, 0.2) is 18.2 Å². The van der Waals surface area contributed by atoms with Gasteiger partial charge >= 0.3 is 5.97 Å². The Morgan fingerprint density at radius 3 is 2.64 bits per heavy atom. The molecule has 0 saturated heterocycles. The Kier molecular flexibility index (Phi) is 3.25. The lowest BCUT2D eigenvalue weighted by atomic mass is 10.0. The van der Waals surface area contributed by atoms with E-state index in [-0.39, 0.29) is 6.42 Å². The van der Waals surface area contributed by atoms with Crippen molar-refractivity contribution in [3.63, 3.8) is 0 Å². The average molecular weight is 194 g/mol. The Hall–Kier alpha value is -1.35. The molecule has 76 valence electrons. The topological polar surface area (TPSA) is 57.5 Å². The Morgan fingerprint density at radius 2 is 2.07 bits per heavy atom. The van der Waals surface area contributed by atoms with Gasteiger partial charge in [0.1, 0.15) is 0 Å².